The summed E-state index contributed by atoms with van der Waals surface area (Å²) in [5.74, 6) is 0. The highest BCUT2D eigenvalue weighted by molar-refractivity contribution is 9.10. The standard InChI is InChI=1S/C16H24BrN/c1-2-10-18-13-16(8-3-4-9-16)12-14-6-5-7-15(17)11-14/h5-7,11,18H,2-4,8-10,12-13H2,1H3. The molecule has 1 saturated carbocycles. The first kappa shape index (κ1) is 14.1. The van der Waals surface area contributed by atoms with Crippen LogP contribution < -0.4 is 5.32 Å². The van der Waals surface area contributed by atoms with Crippen LogP contribution >= 0.6 is 15.9 Å². The molecule has 0 bridgehead atoms. The van der Waals surface area contributed by atoms with Crippen LogP contribution in [0.4, 0.5) is 0 Å². The van der Waals surface area contributed by atoms with E-state index in [1.54, 1.807) is 0 Å². The van der Waals surface area contributed by atoms with Crippen LogP contribution in [0.15, 0.2) is 28.7 Å². The number of halogens is 1. The van der Waals surface area contributed by atoms with E-state index >= 15 is 0 Å². The molecule has 1 aromatic rings. The van der Waals surface area contributed by atoms with E-state index in [0.717, 1.165) is 6.54 Å². The topological polar surface area (TPSA) is 12.0 Å². The Hall–Kier alpha value is -0.340. The van der Waals surface area contributed by atoms with E-state index in [4.69, 9.17) is 0 Å². The zero-order valence-electron chi connectivity index (χ0n) is 11.3. The van der Waals surface area contributed by atoms with Crippen molar-refractivity contribution in [1.29, 1.82) is 0 Å². The molecule has 0 aliphatic heterocycles. The average molecular weight is 310 g/mol. The van der Waals surface area contributed by atoms with Gasteiger partial charge in [-0.25, -0.2) is 0 Å². The maximum absolute atomic E-state index is 3.64. The lowest BCUT2D eigenvalue weighted by atomic mass is 9.80. The van der Waals surface area contributed by atoms with E-state index in [1.807, 2.05) is 0 Å². The van der Waals surface area contributed by atoms with Gasteiger partial charge in [-0.1, -0.05) is 47.8 Å². The van der Waals surface area contributed by atoms with Crippen LogP contribution in [0.25, 0.3) is 0 Å². The predicted octanol–water partition coefficient (Wildman–Crippen LogP) is 4.55. The molecule has 1 N–H and O–H groups in total. The second-order valence-corrected chi connectivity index (χ2v) is 6.61. The first-order valence-corrected chi connectivity index (χ1v) is 7.99. The third-order valence-electron chi connectivity index (χ3n) is 4.06. The molecule has 0 heterocycles. The molecular weight excluding hydrogens is 286 g/mol. The van der Waals surface area contributed by atoms with Gasteiger partial charge in [0, 0.05) is 11.0 Å². The van der Waals surface area contributed by atoms with Crippen molar-refractivity contribution in [2.24, 2.45) is 5.41 Å². The number of rotatable bonds is 6. The molecule has 100 valence electrons. The second kappa shape index (κ2) is 6.72. The Balaban J connectivity index is 2.01. The van der Waals surface area contributed by atoms with Crippen LogP contribution in [-0.2, 0) is 6.42 Å². The third kappa shape index (κ3) is 3.83. The Bertz CT molecular complexity index is 369. The van der Waals surface area contributed by atoms with Crippen LogP contribution in [0.2, 0.25) is 0 Å². The van der Waals surface area contributed by atoms with Gasteiger partial charge in [-0.05, 0) is 55.3 Å². The van der Waals surface area contributed by atoms with Gasteiger partial charge in [-0.15, -0.1) is 0 Å². The summed E-state index contributed by atoms with van der Waals surface area (Å²) in [5, 5.41) is 3.64. The molecule has 18 heavy (non-hydrogen) atoms. The molecule has 0 aromatic heterocycles. The SMILES string of the molecule is CCCNCC1(Cc2cccc(Br)c2)CCCC1. The van der Waals surface area contributed by atoms with Crippen molar-refractivity contribution >= 4 is 15.9 Å². The minimum absolute atomic E-state index is 0.510. The van der Waals surface area contributed by atoms with Crippen molar-refractivity contribution < 1.29 is 0 Å². The van der Waals surface area contributed by atoms with Crippen molar-refractivity contribution in [2.45, 2.75) is 45.4 Å². The summed E-state index contributed by atoms with van der Waals surface area (Å²) < 4.78 is 1.20. The summed E-state index contributed by atoms with van der Waals surface area (Å²) in [4.78, 5) is 0. The molecule has 1 aliphatic carbocycles. The molecule has 0 amide bonds. The molecule has 0 radical (unpaired) electrons. The summed E-state index contributed by atoms with van der Waals surface area (Å²) in [6, 6.07) is 8.81. The molecule has 0 atom stereocenters. The van der Waals surface area contributed by atoms with E-state index in [0.29, 0.717) is 5.41 Å². The van der Waals surface area contributed by atoms with Gasteiger partial charge in [0.2, 0.25) is 0 Å². The van der Waals surface area contributed by atoms with Gasteiger partial charge in [0.25, 0.3) is 0 Å². The summed E-state index contributed by atoms with van der Waals surface area (Å²) in [7, 11) is 0. The number of hydrogen-bond donors (Lipinski definition) is 1. The Kier molecular flexibility index (Phi) is 5.25. The van der Waals surface area contributed by atoms with Gasteiger partial charge in [0.1, 0.15) is 0 Å². The molecule has 0 saturated heterocycles. The van der Waals surface area contributed by atoms with E-state index in [1.165, 1.54) is 55.1 Å². The lowest BCUT2D eigenvalue weighted by molar-refractivity contribution is 0.278. The maximum atomic E-state index is 3.64. The van der Waals surface area contributed by atoms with Crippen molar-refractivity contribution in [3.8, 4) is 0 Å². The van der Waals surface area contributed by atoms with E-state index in [2.05, 4.69) is 52.4 Å². The minimum Gasteiger partial charge on any atom is -0.316 e. The smallest absolute Gasteiger partial charge is 0.0177 e. The van der Waals surface area contributed by atoms with Gasteiger partial charge in [-0.2, -0.15) is 0 Å². The summed E-state index contributed by atoms with van der Waals surface area (Å²) >= 11 is 3.58. The first-order chi connectivity index (χ1) is 8.74. The quantitative estimate of drug-likeness (QED) is 0.760. The molecule has 0 spiro atoms. The fourth-order valence-corrected chi connectivity index (χ4v) is 3.60. The Morgan fingerprint density at radius 3 is 2.72 bits per heavy atom. The summed E-state index contributed by atoms with van der Waals surface area (Å²) in [5.41, 5.74) is 1.99. The summed E-state index contributed by atoms with van der Waals surface area (Å²) in [6.45, 7) is 4.58. The largest absolute Gasteiger partial charge is 0.316 e. The highest BCUT2D eigenvalue weighted by Gasteiger charge is 2.33. The minimum atomic E-state index is 0.510. The highest BCUT2D eigenvalue weighted by atomic mass is 79.9. The second-order valence-electron chi connectivity index (χ2n) is 5.69. The van der Waals surface area contributed by atoms with E-state index in [-0.39, 0.29) is 0 Å². The van der Waals surface area contributed by atoms with Gasteiger partial charge >= 0.3 is 0 Å². The Morgan fingerprint density at radius 1 is 1.28 bits per heavy atom. The monoisotopic (exact) mass is 309 g/mol. The van der Waals surface area contributed by atoms with Gasteiger partial charge < -0.3 is 5.32 Å². The fourth-order valence-electron chi connectivity index (χ4n) is 3.15. The molecule has 1 nitrogen and oxygen atoms in total. The van der Waals surface area contributed by atoms with Crippen LogP contribution in [-0.4, -0.2) is 13.1 Å². The molecule has 1 aliphatic rings. The Morgan fingerprint density at radius 2 is 2.06 bits per heavy atom. The van der Waals surface area contributed by atoms with Crippen molar-refractivity contribution in [2.75, 3.05) is 13.1 Å². The number of hydrogen-bond acceptors (Lipinski definition) is 1. The molecule has 1 aromatic carbocycles. The molecule has 2 heteroatoms. The normalized spacial score (nSPS) is 18.1. The molecule has 1 fully saturated rings. The highest BCUT2D eigenvalue weighted by Crippen LogP contribution is 2.40. The lowest BCUT2D eigenvalue weighted by Gasteiger charge is -2.29. The molecule has 2 rings (SSSR count). The van der Waals surface area contributed by atoms with Crippen LogP contribution in [0.3, 0.4) is 0 Å². The maximum Gasteiger partial charge on any atom is 0.0177 e. The van der Waals surface area contributed by atoms with Crippen LogP contribution in [0, 0.1) is 5.41 Å². The van der Waals surface area contributed by atoms with Crippen molar-refractivity contribution in [3.05, 3.63) is 34.3 Å². The predicted molar refractivity (Wildman–Crippen MR) is 81.9 cm³/mol. The third-order valence-corrected chi connectivity index (χ3v) is 4.55. The number of nitrogens with one attached hydrogen (secondary N) is 1. The van der Waals surface area contributed by atoms with Crippen LogP contribution in [0.5, 0.6) is 0 Å². The summed E-state index contributed by atoms with van der Waals surface area (Å²) in [6.07, 6.45) is 8.03. The fraction of sp³-hybridized carbons (Fsp3) is 0.625. The van der Waals surface area contributed by atoms with Crippen molar-refractivity contribution in [3.63, 3.8) is 0 Å². The van der Waals surface area contributed by atoms with Gasteiger partial charge in [-0.3, -0.25) is 0 Å². The van der Waals surface area contributed by atoms with E-state index in [9.17, 15) is 0 Å². The average Bonchev–Trinajstić information content (AvgIpc) is 2.78. The molecular formula is C16H24BrN. The number of benzene rings is 1. The van der Waals surface area contributed by atoms with Crippen LogP contribution in [0.1, 0.15) is 44.6 Å². The zero-order chi connectivity index (χ0) is 12.8. The molecule has 0 unspecified atom stereocenters. The van der Waals surface area contributed by atoms with Crippen molar-refractivity contribution in [1.82, 2.24) is 5.32 Å². The van der Waals surface area contributed by atoms with E-state index < -0.39 is 0 Å². The first-order valence-electron chi connectivity index (χ1n) is 7.19. The zero-order valence-corrected chi connectivity index (χ0v) is 12.9. The Labute approximate surface area is 119 Å². The van der Waals surface area contributed by atoms with Gasteiger partial charge in [0.05, 0.1) is 0 Å². The lowest BCUT2D eigenvalue weighted by Crippen LogP contribution is -2.34. The van der Waals surface area contributed by atoms with Gasteiger partial charge in [0.15, 0.2) is 0 Å².